The average Bonchev–Trinajstić information content (AvgIpc) is 2.32. The zero-order valence-electron chi connectivity index (χ0n) is 9.69. The van der Waals surface area contributed by atoms with Crippen LogP contribution in [0.3, 0.4) is 0 Å². The number of halogens is 3. The van der Waals surface area contributed by atoms with Crippen LogP contribution >= 0.6 is 36.4 Å². The van der Waals surface area contributed by atoms with Crippen LogP contribution in [0, 0.1) is 0 Å². The number of nitrogens with zero attached hydrogens (tertiary/aromatic N) is 1. The molecule has 1 saturated heterocycles. The Morgan fingerprint density at radius 2 is 1.89 bits per heavy atom. The number of carbonyl (C=O) groups is 1. The third kappa shape index (κ3) is 3.92. The molecule has 0 atom stereocenters. The standard InChI is InChI=1S/C11H14ClN3O.2ClH/c12-8-1-2-10(13)9(7-8)11(16)15-5-3-14-4-6-15;;/h1-2,7,14H,3-6,13H2;2*1H. The Morgan fingerprint density at radius 1 is 1.28 bits per heavy atom. The van der Waals surface area contributed by atoms with Crippen molar-refractivity contribution in [2.75, 3.05) is 31.9 Å². The number of nitrogens with one attached hydrogen (secondary N) is 1. The van der Waals surface area contributed by atoms with Gasteiger partial charge in [-0.3, -0.25) is 4.79 Å². The van der Waals surface area contributed by atoms with Crippen molar-refractivity contribution in [3.63, 3.8) is 0 Å². The summed E-state index contributed by atoms with van der Waals surface area (Å²) in [4.78, 5) is 13.9. The summed E-state index contributed by atoms with van der Waals surface area (Å²) in [5, 5.41) is 3.73. The Labute approximate surface area is 124 Å². The number of nitrogens with two attached hydrogens (primary N) is 1. The van der Waals surface area contributed by atoms with Gasteiger partial charge in [0, 0.05) is 36.9 Å². The third-order valence-electron chi connectivity index (χ3n) is 2.65. The van der Waals surface area contributed by atoms with Gasteiger partial charge in [0.25, 0.3) is 5.91 Å². The lowest BCUT2D eigenvalue weighted by Gasteiger charge is -2.27. The molecule has 0 radical (unpaired) electrons. The molecule has 1 aromatic rings. The number of carbonyl (C=O) groups excluding carboxylic acids is 1. The number of benzene rings is 1. The first-order valence-corrected chi connectivity index (χ1v) is 5.61. The van der Waals surface area contributed by atoms with Gasteiger partial charge in [-0.25, -0.2) is 0 Å². The van der Waals surface area contributed by atoms with Crippen LogP contribution in [0.5, 0.6) is 0 Å². The molecule has 0 saturated carbocycles. The maximum absolute atomic E-state index is 12.1. The lowest BCUT2D eigenvalue weighted by molar-refractivity contribution is 0.0737. The minimum Gasteiger partial charge on any atom is -0.398 e. The molecule has 18 heavy (non-hydrogen) atoms. The highest BCUT2D eigenvalue weighted by atomic mass is 35.5. The molecule has 7 heteroatoms. The van der Waals surface area contributed by atoms with Crippen molar-refractivity contribution in [3.8, 4) is 0 Å². The molecule has 2 rings (SSSR count). The molecule has 0 aromatic heterocycles. The van der Waals surface area contributed by atoms with E-state index in [0.29, 0.717) is 29.4 Å². The predicted octanol–water partition coefficient (Wildman–Crippen LogP) is 1.81. The van der Waals surface area contributed by atoms with E-state index in [2.05, 4.69) is 5.32 Å². The molecule has 0 aliphatic carbocycles. The highest BCUT2D eigenvalue weighted by Gasteiger charge is 2.19. The molecular formula is C11H16Cl3N3O. The van der Waals surface area contributed by atoms with Crippen LogP contribution in [-0.2, 0) is 0 Å². The lowest BCUT2D eigenvalue weighted by Crippen LogP contribution is -2.46. The maximum atomic E-state index is 12.1. The number of hydrogen-bond donors (Lipinski definition) is 2. The fourth-order valence-corrected chi connectivity index (χ4v) is 1.92. The molecule has 1 aliphatic heterocycles. The second-order valence-electron chi connectivity index (χ2n) is 3.77. The fourth-order valence-electron chi connectivity index (χ4n) is 1.75. The number of piperazine rings is 1. The van der Waals surface area contributed by atoms with Gasteiger partial charge in [0.15, 0.2) is 0 Å². The van der Waals surface area contributed by atoms with Gasteiger partial charge in [-0.05, 0) is 18.2 Å². The molecule has 0 spiro atoms. The first-order chi connectivity index (χ1) is 7.68. The smallest absolute Gasteiger partial charge is 0.256 e. The van der Waals surface area contributed by atoms with Crippen LogP contribution in [0.2, 0.25) is 5.02 Å². The van der Waals surface area contributed by atoms with Crippen molar-refractivity contribution in [1.29, 1.82) is 0 Å². The molecule has 0 bridgehead atoms. The first-order valence-electron chi connectivity index (χ1n) is 5.23. The summed E-state index contributed by atoms with van der Waals surface area (Å²) in [6.07, 6.45) is 0. The molecular weight excluding hydrogens is 297 g/mol. The van der Waals surface area contributed by atoms with Gasteiger partial charge >= 0.3 is 0 Å². The van der Waals surface area contributed by atoms with E-state index in [1.807, 2.05) is 0 Å². The normalized spacial score (nSPS) is 14.4. The average molecular weight is 313 g/mol. The van der Waals surface area contributed by atoms with E-state index in [1.165, 1.54) is 0 Å². The zero-order chi connectivity index (χ0) is 11.5. The third-order valence-corrected chi connectivity index (χ3v) is 2.89. The second kappa shape index (κ2) is 7.69. The number of amides is 1. The Kier molecular flexibility index (Phi) is 7.40. The molecule has 1 heterocycles. The van der Waals surface area contributed by atoms with Crippen LogP contribution in [0.4, 0.5) is 5.69 Å². The summed E-state index contributed by atoms with van der Waals surface area (Å²) < 4.78 is 0. The van der Waals surface area contributed by atoms with E-state index >= 15 is 0 Å². The van der Waals surface area contributed by atoms with Gasteiger partial charge < -0.3 is 16.0 Å². The molecule has 1 fully saturated rings. The maximum Gasteiger partial charge on any atom is 0.256 e. The molecule has 1 amide bonds. The van der Waals surface area contributed by atoms with Gasteiger partial charge in [-0.15, -0.1) is 24.8 Å². The van der Waals surface area contributed by atoms with Crippen LogP contribution in [0.25, 0.3) is 0 Å². The van der Waals surface area contributed by atoms with E-state index in [1.54, 1.807) is 23.1 Å². The minimum absolute atomic E-state index is 0. The highest BCUT2D eigenvalue weighted by Crippen LogP contribution is 2.19. The largest absolute Gasteiger partial charge is 0.398 e. The topological polar surface area (TPSA) is 58.4 Å². The van der Waals surface area contributed by atoms with Crippen LogP contribution in [0.1, 0.15) is 10.4 Å². The van der Waals surface area contributed by atoms with Crippen molar-refractivity contribution in [2.24, 2.45) is 0 Å². The van der Waals surface area contributed by atoms with Crippen LogP contribution in [0.15, 0.2) is 18.2 Å². The van der Waals surface area contributed by atoms with Gasteiger partial charge in [-0.2, -0.15) is 0 Å². The van der Waals surface area contributed by atoms with E-state index in [4.69, 9.17) is 17.3 Å². The van der Waals surface area contributed by atoms with Crippen molar-refractivity contribution >= 4 is 48.0 Å². The summed E-state index contributed by atoms with van der Waals surface area (Å²) in [6.45, 7) is 3.08. The molecule has 4 nitrogen and oxygen atoms in total. The molecule has 3 N–H and O–H groups in total. The van der Waals surface area contributed by atoms with Gasteiger partial charge in [0.1, 0.15) is 0 Å². The van der Waals surface area contributed by atoms with Crippen molar-refractivity contribution in [1.82, 2.24) is 10.2 Å². The number of hydrogen-bond acceptors (Lipinski definition) is 3. The van der Waals surface area contributed by atoms with Gasteiger partial charge in [0.2, 0.25) is 0 Å². The molecule has 102 valence electrons. The van der Waals surface area contributed by atoms with Crippen LogP contribution < -0.4 is 11.1 Å². The SMILES string of the molecule is Cl.Cl.Nc1ccc(Cl)cc1C(=O)N1CCNCC1. The second-order valence-corrected chi connectivity index (χ2v) is 4.21. The minimum atomic E-state index is -0.0403. The van der Waals surface area contributed by atoms with Gasteiger partial charge in [-0.1, -0.05) is 11.6 Å². The van der Waals surface area contributed by atoms with Crippen molar-refractivity contribution in [2.45, 2.75) is 0 Å². The zero-order valence-corrected chi connectivity index (χ0v) is 12.1. The summed E-state index contributed by atoms with van der Waals surface area (Å²) in [5.41, 5.74) is 6.75. The van der Waals surface area contributed by atoms with Gasteiger partial charge in [0.05, 0.1) is 5.56 Å². The van der Waals surface area contributed by atoms with E-state index < -0.39 is 0 Å². The summed E-state index contributed by atoms with van der Waals surface area (Å²) in [5.74, 6) is -0.0403. The quantitative estimate of drug-likeness (QED) is 0.778. The van der Waals surface area contributed by atoms with E-state index in [0.717, 1.165) is 13.1 Å². The molecule has 1 aliphatic rings. The fraction of sp³-hybridized carbons (Fsp3) is 0.364. The highest BCUT2D eigenvalue weighted by molar-refractivity contribution is 6.31. The predicted molar refractivity (Wildman–Crippen MR) is 79.1 cm³/mol. The number of rotatable bonds is 1. The van der Waals surface area contributed by atoms with Crippen LogP contribution in [-0.4, -0.2) is 37.0 Å². The Balaban J connectivity index is 0.00000144. The first kappa shape index (κ1) is 17.3. The number of anilines is 1. The van der Waals surface area contributed by atoms with Crippen molar-refractivity contribution in [3.05, 3.63) is 28.8 Å². The molecule has 0 unspecified atom stereocenters. The Bertz CT molecular complexity index is 409. The Hall–Kier alpha value is -0.680. The monoisotopic (exact) mass is 311 g/mol. The Morgan fingerprint density at radius 3 is 2.50 bits per heavy atom. The van der Waals surface area contributed by atoms with Crippen molar-refractivity contribution < 1.29 is 4.79 Å². The summed E-state index contributed by atoms with van der Waals surface area (Å²) in [7, 11) is 0. The van der Waals surface area contributed by atoms with E-state index in [-0.39, 0.29) is 30.7 Å². The summed E-state index contributed by atoms with van der Waals surface area (Å²) in [6, 6.07) is 4.98. The van der Waals surface area contributed by atoms with E-state index in [9.17, 15) is 4.79 Å². The lowest BCUT2D eigenvalue weighted by atomic mass is 10.1. The number of nitrogen functional groups attached to an aromatic ring is 1. The summed E-state index contributed by atoms with van der Waals surface area (Å²) >= 11 is 5.86. The molecule has 1 aromatic carbocycles.